The lowest BCUT2D eigenvalue weighted by molar-refractivity contribution is -0.144. The van der Waals surface area contributed by atoms with E-state index in [9.17, 15) is 18.0 Å². The summed E-state index contributed by atoms with van der Waals surface area (Å²) < 4.78 is 41.5. The quantitative estimate of drug-likeness (QED) is 0.687. The lowest BCUT2D eigenvalue weighted by Crippen LogP contribution is -2.26. The highest BCUT2D eigenvalue weighted by atomic mass is 19.4. The van der Waals surface area contributed by atoms with Gasteiger partial charge >= 0.3 is 6.18 Å². The van der Waals surface area contributed by atoms with E-state index in [4.69, 9.17) is 0 Å². The molecule has 0 aliphatic carbocycles. The molecule has 0 spiro atoms. The summed E-state index contributed by atoms with van der Waals surface area (Å²) in [5.74, 6) is -0.617. The summed E-state index contributed by atoms with van der Waals surface area (Å²) >= 11 is 0. The summed E-state index contributed by atoms with van der Waals surface area (Å²) in [6, 6.07) is 0. The summed E-state index contributed by atoms with van der Waals surface area (Å²) in [6.07, 6.45) is 0.0357. The van der Waals surface area contributed by atoms with E-state index in [0.29, 0.717) is 36.3 Å². The number of hydrogen-bond acceptors (Lipinski definition) is 5. The van der Waals surface area contributed by atoms with Gasteiger partial charge in [-0.05, 0) is 25.8 Å². The number of hydrogen-bond donors (Lipinski definition) is 1. The van der Waals surface area contributed by atoms with Crippen LogP contribution in [0, 0.1) is 13.8 Å². The van der Waals surface area contributed by atoms with Crippen LogP contribution in [0.15, 0.2) is 12.4 Å². The molecule has 0 aliphatic rings. The van der Waals surface area contributed by atoms with E-state index < -0.39 is 12.0 Å². The van der Waals surface area contributed by atoms with Gasteiger partial charge in [-0.3, -0.25) is 4.79 Å². The van der Waals surface area contributed by atoms with Crippen LogP contribution in [-0.4, -0.2) is 41.6 Å². The van der Waals surface area contributed by atoms with Crippen LogP contribution < -0.4 is 5.32 Å². The average molecular weight is 395 g/mol. The van der Waals surface area contributed by atoms with Gasteiger partial charge in [-0.25, -0.2) is 14.5 Å². The Balaban J connectivity index is 1.65. The molecule has 0 atom stereocenters. The van der Waals surface area contributed by atoms with E-state index in [2.05, 4.69) is 25.4 Å². The summed E-state index contributed by atoms with van der Waals surface area (Å²) in [5, 5.41) is 6.33. The highest BCUT2D eigenvalue weighted by Crippen LogP contribution is 2.27. The number of aromatic nitrogens is 6. The standard InChI is InChI=1S/C17H20F3N7O/c1-10-12(4-5-14(28)22-7-6-13-21-8-9-26(13)3)11(2)27-16(23-10)24-15(25-27)17(18,19)20/h8-9H,4-7H2,1-3H3,(H,22,28). The Bertz CT molecular complexity index is 1010. The maximum absolute atomic E-state index is 12.8. The van der Waals surface area contributed by atoms with Crippen molar-refractivity contribution >= 4 is 11.7 Å². The molecule has 0 saturated carbocycles. The molecule has 3 aromatic heterocycles. The SMILES string of the molecule is Cc1nc2nc(C(F)(F)F)nn2c(C)c1CCC(=O)NCCc1nccn1C. The number of carbonyl (C=O) groups excluding carboxylic acids is 1. The second kappa shape index (κ2) is 7.56. The normalized spacial score (nSPS) is 11.9. The Hall–Kier alpha value is -2.98. The number of alkyl halides is 3. The van der Waals surface area contributed by atoms with Crippen LogP contribution in [0.25, 0.3) is 5.78 Å². The molecular formula is C17H20F3N7O. The minimum absolute atomic E-state index is 0.106. The molecule has 3 aromatic rings. The molecule has 0 aliphatic heterocycles. The van der Waals surface area contributed by atoms with E-state index in [1.807, 2.05) is 17.8 Å². The van der Waals surface area contributed by atoms with Gasteiger partial charge in [0.2, 0.25) is 5.91 Å². The number of rotatable bonds is 6. The number of nitrogens with one attached hydrogen (secondary N) is 1. The number of nitrogens with zero attached hydrogens (tertiary/aromatic N) is 6. The van der Waals surface area contributed by atoms with Crippen molar-refractivity contribution in [1.82, 2.24) is 34.4 Å². The third-order valence-electron chi connectivity index (χ3n) is 4.50. The Morgan fingerprint density at radius 3 is 2.61 bits per heavy atom. The molecule has 28 heavy (non-hydrogen) atoms. The van der Waals surface area contributed by atoms with Gasteiger partial charge in [0.05, 0.1) is 0 Å². The first kappa shape index (κ1) is 19.8. The molecule has 1 amide bonds. The monoisotopic (exact) mass is 395 g/mol. The van der Waals surface area contributed by atoms with Gasteiger partial charge in [-0.2, -0.15) is 18.2 Å². The van der Waals surface area contributed by atoms with Crippen LogP contribution in [0.2, 0.25) is 0 Å². The van der Waals surface area contributed by atoms with E-state index >= 15 is 0 Å². The predicted octanol–water partition coefficient (Wildman–Crippen LogP) is 1.78. The smallest absolute Gasteiger partial charge is 0.356 e. The van der Waals surface area contributed by atoms with Crippen molar-refractivity contribution in [3.63, 3.8) is 0 Å². The molecule has 0 saturated heterocycles. The maximum atomic E-state index is 12.8. The van der Waals surface area contributed by atoms with Crippen LogP contribution in [0.1, 0.15) is 35.0 Å². The van der Waals surface area contributed by atoms with Crippen molar-refractivity contribution in [1.29, 1.82) is 0 Å². The fourth-order valence-corrected chi connectivity index (χ4v) is 2.97. The van der Waals surface area contributed by atoms with Crippen LogP contribution in [0.5, 0.6) is 0 Å². The number of aryl methyl sites for hydroxylation is 3. The Morgan fingerprint density at radius 2 is 1.96 bits per heavy atom. The number of amides is 1. The second-order valence-corrected chi connectivity index (χ2v) is 6.46. The Kier molecular flexibility index (Phi) is 5.34. The lowest BCUT2D eigenvalue weighted by atomic mass is 10.1. The Morgan fingerprint density at radius 1 is 1.21 bits per heavy atom. The summed E-state index contributed by atoms with van der Waals surface area (Å²) in [5.41, 5.74) is 1.71. The number of imidazole rings is 1. The summed E-state index contributed by atoms with van der Waals surface area (Å²) in [6.45, 7) is 3.78. The van der Waals surface area contributed by atoms with Gasteiger partial charge in [-0.15, -0.1) is 5.10 Å². The lowest BCUT2D eigenvalue weighted by Gasteiger charge is -2.10. The predicted molar refractivity (Wildman–Crippen MR) is 93.5 cm³/mol. The zero-order valence-corrected chi connectivity index (χ0v) is 15.7. The van der Waals surface area contributed by atoms with E-state index in [-0.39, 0.29) is 18.1 Å². The summed E-state index contributed by atoms with van der Waals surface area (Å²) in [4.78, 5) is 23.8. The van der Waals surface area contributed by atoms with Crippen LogP contribution >= 0.6 is 0 Å². The van der Waals surface area contributed by atoms with Gasteiger partial charge in [0.25, 0.3) is 11.6 Å². The molecule has 150 valence electrons. The van der Waals surface area contributed by atoms with Gasteiger partial charge in [0.1, 0.15) is 5.82 Å². The third-order valence-corrected chi connectivity index (χ3v) is 4.50. The zero-order chi connectivity index (χ0) is 20.5. The van der Waals surface area contributed by atoms with Gasteiger partial charge < -0.3 is 9.88 Å². The van der Waals surface area contributed by atoms with Crippen molar-refractivity contribution in [2.75, 3.05) is 6.54 Å². The molecule has 0 unspecified atom stereocenters. The number of carbonyl (C=O) groups is 1. The first-order valence-corrected chi connectivity index (χ1v) is 8.69. The van der Waals surface area contributed by atoms with Crippen molar-refractivity contribution in [3.05, 3.63) is 41.0 Å². The molecule has 3 heterocycles. The van der Waals surface area contributed by atoms with Crippen LogP contribution in [0.4, 0.5) is 13.2 Å². The second-order valence-electron chi connectivity index (χ2n) is 6.46. The minimum Gasteiger partial charge on any atom is -0.356 e. The topological polar surface area (TPSA) is 90.0 Å². The third kappa shape index (κ3) is 4.12. The van der Waals surface area contributed by atoms with Crippen molar-refractivity contribution in [2.24, 2.45) is 7.05 Å². The van der Waals surface area contributed by atoms with Gasteiger partial charge in [-0.1, -0.05) is 0 Å². The highest BCUT2D eigenvalue weighted by Gasteiger charge is 2.36. The Labute approximate surface area is 158 Å². The summed E-state index contributed by atoms with van der Waals surface area (Å²) in [7, 11) is 1.88. The van der Waals surface area contributed by atoms with Crippen molar-refractivity contribution in [3.8, 4) is 0 Å². The number of fused-ring (bicyclic) bond motifs is 1. The highest BCUT2D eigenvalue weighted by molar-refractivity contribution is 5.76. The molecule has 8 nitrogen and oxygen atoms in total. The molecule has 11 heteroatoms. The van der Waals surface area contributed by atoms with Gasteiger partial charge in [0, 0.05) is 50.2 Å². The first-order valence-electron chi connectivity index (χ1n) is 8.69. The average Bonchev–Trinajstić information content (AvgIpc) is 3.21. The maximum Gasteiger partial charge on any atom is 0.453 e. The van der Waals surface area contributed by atoms with Crippen LogP contribution in [-0.2, 0) is 30.9 Å². The van der Waals surface area contributed by atoms with Crippen LogP contribution in [0.3, 0.4) is 0 Å². The molecule has 0 bridgehead atoms. The fourth-order valence-electron chi connectivity index (χ4n) is 2.97. The molecular weight excluding hydrogens is 375 g/mol. The largest absolute Gasteiger partial charge is 0.453 e. The molecule has 3 rings (SSSR count). The molecule has 0 fully saturated rings. The first-order chi connectivity index (χ1) is 13.2. The zero-order valence-electron chi connectivity index (χ0n) is 15.7. The fraction of sp³-hybridized carbons (Fsp3) is 0.471. The van der Waals surface area contributed by atoms with Gasteiger partial charge in [0.15, 0.2) is 0 Å². The van der Waals surface area contributed by atoms with E-state index in [1.165, 1.54) is 0 Å². The molecule has 0 aromatic carbocycles. The number of halogens is 3. The van der Waals surface area contributed by atoms with Crippen molar-refractivity contribution < 1.29 is 18.0 Å². The van der Waals surface area contributed by atoms with Crippen molar-refractivity contribution in [2.45, 2.75) is 39.3 Å². The van der Waals surface area contributed by atoms with E-state index in [0.717, 1.165) is 10.3 Å². The molecule has 1 N–H and O–H groups in total. The molecule has 0 radical (unpaired) electrons. The minimum atomic E-state index is -4.64. The van der Waals surface area contributed by atoms with E-state index in [1.54, 1.807) is 20.0 Å².